The molecule has 0 aliphatic heterocycles. The smallest absolute Gasteiger partial charge is 0.230 e. The van der Waals surface area contributed by atoms with Crippen LogP contribution in [0.3, 0.4) is 0 Å². The molecule has 0 atom stereocenters. The molecule has 0 radical (unpaired) electrons. The monoisotopic (exact) mass is 340 g/mol. The van der Waals surface area contributed by atoms with Crippen LogP contribution in [0.5, 0.6) is 11.6 Å². The zero-order chi connectivity index (χ0) is 18.5. The number of terminal acetylenes is 1. The maximum atomic E-state index is 8.85. The van der Waals surface area contributed by atoms with Crippen LogP contribution in [0.15, 0.2) is 48.7 Å². The molecular weight excluding hydrogens is 324 g/mol. The summed E-state index contributed by atoms with van der Waals surface area (Å²) in [5, 5.41) is 11.9. The zero-order valence-corrected chi connectivity index (χ0v) is 14.4. The van der Waals surface area contributed by atoms with Gasteiger partial charge in [0.15, 0.2) is 0 Å². The number of aromatic nitrogens is 2. The van der Waals surface area contributed by atoms with Crippen LogP contribution >= 0.6 is 0 Å². The van der Waals surface area contributed by atoms with Gasteiger partial charge in [0.05, 0.1) is 11.6 Å². The van der Waals surface area contributed by atoms with E-state index >= 15 is 0 Å². The van der Waals surface area contributed by atoms with Gasteiger partial charge in [-0.25, -0.2) is 4.98 Å². The van der Waals surface area contributed by atoms with Crippen molar-refractivity contribution in [3.05, 3.63) is 70.9 Å². The van der Waals surface area contributed by atoms with Crippen molar-refractivity contribution in [2.24, 2.45) is 0 Å². The number of aryl methyl sites for hydroxylation is 2. The summed E-state index contributed by atoms with van der Waals surface area (Å²) in [6.07, 6.45) is 7.08. The minimum absolute atomic E-state index is 0.405. The molecule has 1 heterocycles. The maximum Gasteiger partial charge on any atom is 0.230 e. The summed E-state index contributed by atoms with van der Waals surface area (Å²) in [7, 11) is 0. The van der Waals surface area contributed by atoms with Gasteiger partial charge in [-0.05, 0) is 61.4 Å². The number of nitrogens with zero attached hydrogens (tertiary/aromatic N) is 3. The second-order valence-corrected chi connectivity index (χ2v) is 5.72. The summed E-state index contributed by atoms with van der Waals surface area (Å²) in [5.74, 6) is 4.19. The number of anilines is 2. The molecule has 0 aliphatic carbocycles. The summed E-state index contributed by atoms with van der Waals surface area (Å²) in [5.41, 5.74) is 4.08. The Morgan fingerprint density at radius 3 is 2.35 bits per heavy atom. The first kappa shape index (κ1) is 17.0. The van der Waals surface area contributed by atoms with Gasteiger partial charge in [-0.3, -0.25) is 0 Å². The lowest BCUT2D eigenvalue weighted by molar-refractivity contribution is 0.455. The fraction of sp³-hybridized carbons (Fsp3) is 0.0952. The highest BCUT2D eigenvalue weighted by Gasteiger charge is 2.09. The summed E-state index contributed by atoms with van der Waals surface area (Å²) in [6.45, 7) is 3.89. The molecule has 0 unspecified atom stereocenters. The van der Waals surface area contributed by atoms with E-state index in [0.29, 0.717) is 17.4 Å². The van der Waals surface area contributed by atoms with E-state index in [1.807, 2.05) is 26.0 Å². The second-order valence-electron chi connectivity index (χ2n) is 5.72. The van der Waals surface area contributed by atoms with Crippen molar-refractivity contribution >= 4 is 11.6 Å². The predicted molar refractivity (Wildman–Crippen MR) is 100 cm³/mol. The maximum absolute atomic E-state index is 8.85. The third-order valence-corrected chi connectivity index (χ3v) is 3.73. The number of hydrogen-bond donors (Lipinski definition) is 1. The lowest BCUT2D eigenvalue weighted by atomic mass is 10.1. The van der Waals surface area contributed by atoms with Gasteiger partial charge in [0.1, 0.15) is 5.75 Å². The van der Waals surface area contributed by atoms with Gasteiger partial charge in [-0.2, -0.15) is 10.2 Å². The van der Waals surface area contributed by atoms with Gasteiger partial charge >= 0.3 is 0 Å². The number of hydrogen-bond acceptors (Lipinski definition) is 5. The van der Waals surface area contributed by atoms with Gasteiger partial charge < -0.3 is 10.1 Å². The van der Waals surface area contributed by atoms with E-state index in [9.17, 15) is 0 Å². The Kier molecular flexibility index (Phi) is 4.83. The molecule has 3 aromatic rings. The molecule has 126 valence electrons. The number of benzene rings is 2. The quantitative estimate of drug-likeness (QED) is 0.709. The van der Waals surface area contributed by atoms with Gasteiger partial charge in [0.2, 0.25) is 11.8 Å². The molecule has 5 nitrogen and oxygen atoms in total. The van der Waals surface area contributed by atoms with E-state index in [-0.39, 0.29) is 0 Å². The van der Waals surface area contributed by atoms with Crippen LogP contribution in [0.4, 0.5) is 11.6 Å². The first-order chi connectivity index (χ1) is 12.6. The predicted octanol–water partition coefficient (Wildman–Crippen LogP) is 4.48. The van der Waals surface area contributed by atoms with Gasteiger partial charge in [0, 0.05) is 23.5 Å². The molecule has 0 amide bonds. The zero-order valence-electron chi connectivity index (χ0n) is 14.4. The highest BCUT2D eigenvalue weighted by Crippen LogP contribution is 2.29. The minimum atomic E-state index is 0.405. The van der Waals surface area contributed by atoms with Crippen LogP contribution < -0.4 is 10.1 Å². The lowest BCUT2D eigenvalue weighted by Crippen LogP contribution is -1.99. The van der Waals surface area contributed by atoms with Crippen LogP contribution in [0, 0.1) is 37.5 Å². The van der Waals surface area contributed by atoms with E-state index in [1.54, 1.807) is 36.5 Å². The van der Waals surface area contributed by atoms with Crippen LogP contribution in [0.2, 0.25) is 0 Å². The summed E-state index contributed by atoms with van der Waals surface area (Å²) >= 11 is 0. The largest absolute Gasteiger partial charge is 0.438 e. The minimum Gasteiger partial charge on any atom is -0.438 e. The van der Waals surface area contributed by atoms with E-state index < -0.39 is 0 Å². The van der Waals surface area contributed by atoms with Crippen molar-refractivity contribution in [1.29, 1.82) is 5.26 Å². The first-order valence-electron chi connectivity index (χ1n) is 7.95. The van der Waals surface area contributed by atoms with Crippen molar-refractivity contribution in [2.75, 3.05) is 5.32 Å². The van der Waals surface area contributed by atoms with Gasteiger partial charge in [-0.1, -0.05) is 5.92 Å². The number of nitriles is 1. The summed E-state index contributed by atoms with van der Waals surface area (Å²) in [4.78, 5) is 8.58. The fourth-order valence-corrected chi connectivity index (χ4v) is 2.52. The van der Waals surface area contributed by atoms with Gasteiger partial charge in [-0.15, -0.1) is 6.42 Å². The SMILES string of the molecule is C#Cc1cc(C)c(Oc2ccnc(Nc3ccc(C#N)cc3)n2)c(C)c1. The molecule has 0 saturated carbocycles. The van der Waals surface area contributed by atoms with Crippen LogP contribution in [0.1, 0.15) is 22.3 Å². The van der Waals surface area contributed by atoms with Crippen molar-refractivity contribution in [3.8, 4) is 30.0 Å². The van der Waals surface area contributed by atoms with E-state index in [0.717, 1.165) is 28.1 Å². The highest BCUT2D eigenvalue weighted by molar-refractivity contribution is 5.55. The average molecular weight is 340 g/mol. The van der Waals surface area contributed by atoms with Crippen molar-refractivity contribution < 1.29 is 4.74 Å². The topological polar surface area (TPSA) is 70.8 Å². The van der Waals surface area contributed by atoms with Crippen LogP contribution in [-0.2, 0) is 0 Å². The average Bonchev–Trinajstić information content (AvgIpc) is 2.65. The Morgan fingerprint density at radius 2 is 1.73 bits per heavy atom. The van der Waals surface area contributed by atoms with Crippen LogP contribution in [0.25, 0.3) is 0 Å². The van der Waals surface area contributed by atoms with Crippen molar-refractivity contribution in [2.45, 2.75) is 13.8 Å². The van der Waals surface area contributed by atoms with E-state index in [2.05, 4.69) is 27.3 Å². The number of ether oxygens (including phenoxy) is 1. The highest BCUT2D eigenvalue weighted by atomic mass is 16.5. The molecule has 0 spiro atoms. The number of rotatable bonds is 4. The Morgan fingerprint density at radius 1 is 1.04 bits per heavy atom. The van der Waals surface area contributed by atoms with Crippen molar-refractivity contribution in [1.82, 2.24) is 9.97 Å². The Bertz CT molecular complexity index is 1000. The fourth-order valence-electron chi connectivity index (χ4n) is 2.52. The van der Waals surface area contributed by atoms with E-state index in [1.165, 1.54) is 0 Å². The Hall–Kier alpha value is -3.83. The third kappa shape index (κ3) is 3.80. The molecule has 1 aromatic heterocycles. The standard InChI is InChI=1S/C21H16N4O/c1-4-16-11-14(2)20(15(3)12-16)26-19-9-10-23-21(25-19)24-18-7-5-17(13-22)6-8-18/h1,5-12H,2-3H3,(H,23,24,25). The molecular formula is C21H16N4O. The molecule has 26 heavy (non-hydrogen) atoms. The molecule has 0 saturated heterocycles. The molecule has 1 N–H and O–H groups in total. The van der Waals surface area contributed by atoms with E-state index in [4.69, 9.17) is 16.4 Å². The molecule has 0 fully saturated rings. The lowest BCUT2D eigenvalue weighted by Gasteiger charge is -2.12. The second kappa shape index (κ2) is 7.38. The molecule has 2 aromatic carbocycles. The summed E-state index contributed by atoms with van der Waals surface area (Å²) < 4.78 is 5.95. The Balaban J connectivity index is 1.82. The molecule has 0 aliphatic rings. The Labute approximate surface area is 152 Å². The van der Waals surface area contributed by atoms with Gasteiger partial charge in [0.25, 0.3) is 0 Å². The normalized spacial score (nSPS) is 9.85. The third-order valence-electron chi connectivity index (χ3n) is 3.73. The van der Waals surface area contributed by atoms with Crippen LogP contribution in [-0.4, -0.2) is 9.97 Å². The molecule has 5 heteroatoms. The van der Waals surface area contributed by atoms with Crippen molar-refractivity contribution in [3.63, 3.8) is 0 Å². The first-order valence-corrected chi connectivity index (χ1v) is 7.95. The molecule has 0 bridgehead atoms. The summed E-state index contributed by atoms with van der Waals surface area (Å²) in [6, 6.07) is 14.6. The number of nitrogens with one attached hydrogen (secondary N) is 1. The molecule has 3 rings (SSSR count).